The molecule has 8 nitrogen and oxygen atoms in total. The van der Waals surface area contributed by atoms with Gasteiger partial charge >= 0.3 is 0 Å². The number of ether oxygens (including phenoxy) is 4. The number of methoxy groups -OCH3 is 2. The lowest BCUT2D eigenvalue weighted by molar-refractivity contribution is -0.140. The molecule has 0 saturated carbocycles. The third-order valence-corrected chi connectivity index (χ3v) is 5.29. The van der Waals surface area contributed by atoms with Crippen molar-refractivity contribution in [2.75, 3.05) is 53.6 Å². The Kier molecular flexibility index (Phi) is 8.19. The van der Waals surface area contributed by atoms with Crippen LogP contribution in [0.4, 0.5) is 0 Å². The van der Waals surface area contributed by atoms with E-state index >= 15 is 0 Å². The molecule has 32 heavy (non-hydrogen) atoms. The number of carbonyl (C=O) groups is 2. The van der Waals surface area contributed by atoms with Crippen molar-refractivity contribution in [3.8, 4) is 23.0 Å². The van der Waals surface area contributed by atoms with Crippen LogP contribution in [-0.4, -0.2) is 75.2 Å². The Labute approximate surface area is 188 Å². The summed E-state index contributed by atoms with van der Waals surface area (Å²) in [5.41, 5.74) is 0.856. The molecular formula is C24H30N2O6. The SMILES string of the molecule is CCOc1ccc(OCC(=O)N2CCN(C(=O)Cc3ccc(OC)c(OC)c3)CC2)cc1. The van der Waals surface area contributed by atoms with Crippen molar-refractivity contribution >= 4 is 11.8 Å². The van der Waals surface area contributed by atoms with E-state index in [2.05, 4.69) is 0 Å². The van der Waals surface area contributed by atoms with Crippen LogP contribution in [0.2, 0.25) is 0 Å². The van der Waals surface area contributed by atoms with E-state index in [1.165, 1.54) is 0 Å². The molecule has 2 amide bonds. The molecule has 0 aliphatic carbocycles. The summed E-state index contributed by atoms with van der Waals surface area (Å²) < 4.78 is 21.5. The van der Waals surface area contributed by atoms with E-state index in [1.807, 2.05) is 31.2 Å². The minimum atomic E-state index is -0.0918. The Morgan fingerprint density at radius 1 is 0.781 bits per heavy atom. The van der Waals surface area contributed by atoms with Crippen LogP contribution >= 0.6 is 0 Å². The fraction of sp³-hybridized carbons (Fsp3) is 0.417. The van der Waals surface area contributed by atoms with Crippen LogP contribution in [0.15, 0.2) is 42.5 Å². The highest BCUT2D eigenvalue weighted by Gasteiger charge is 2.24. The molecule has 0 unspecified atom stereocenters. The van der Waals surface area contributed by atoms with Crippen LogP contribution < -0.4 is 18.9 Å². The number of rotatable bonds is 9. The lowest BCUT2D eigenvalue weighted by Gasteiger charge is -2.34. The van der Waals surface area contributed by atoms with Gasteiger partial charge in [0.05, 0.1) is 27.2 Å². The van der Waals surface area contributed by atoms with Gasteiger partial charge in [0, 0.05) is 26.2 Å². The highest BCUT2D eigenvalue weighted by atomic mass is 16.5. The van der Waals surface area contributed by atoms with Crippen molar-refractivity contribution in [1.29, 1.82) is 0 Å². The predicted molar refractivity (Wildman–Crippen MR) is 120 cm³/mol. The monoisotopic (exact) mass is 442 g/mol. The molecular weight excluding hydrogens is 412 g/mol. The number of hydrogen-bond acceptors (Lipinski definition) is 6. The van der Waals surface area contributed by atoms with Gasteiger partial charge in [0.2, 0.25) is 5.91 Å². The van der Waals surface area contributed by atoms with E-state index in [9.17, 15) is 9.59 Å². The summed E-state index contributed by atoms with van der Waals surface area (Å²) in [7, 11) is 3.14. The van der Waals surface area contributed by atoms with Gasteiger partial charge in [-0.15, -0.1) is 0 Å². The quantitative estimate of drug-likeness (QED) is 0.594. The van der Waals surface area contributed by atoms with Crippen molar-refractivity contribution in [3.05, 3.63) is 48.0 Å². The van der Waals surface area contributed by atoms with E-state index in [0.29, 0.717) is 50.0 Å². The first-order valence-electron chi connectivity index (χ1n) is 10.7. The van der Waals surface area contributed by atoms with Crippen LogP contribution in [0.5, 0.6) is 23.0 Å². The second-order valence-electron chi connectivity index (χ2n) is 7.32. The molecule has 1 heterocycles. The van der Waals surface area contributed by atoms with Crippen molar-refractivity contribution in [2.45, 2.75) is 13.3 Å². The molecule has 0 radical (unpaired) electrons. The smallest absolute Gasteiger partial charge is 0.260 e. The van der Waals surface area contributed by atoms with Gasteiger partial charge in [-0.25, -0.2) is 0 Å². The van der Waals surface area contributed by atoms with E-state index in [4.69, 9.17) is 18.9 Å². The fourth-order valence-corrected chi connectivity index (χ4v) is 3.52. The zero-order chi connectivity index (χ0) is 22.9. The first-order valence-corrected chi connectivity index (χ1v) is 10.7. The Morgan fingerprint density at radius 2 is 1.34 bits per heavy atom. The van der Waals surface area contributed by atoms with Crippen LogP contribution in [-0.2, 0) is 16.0 Å². The number of nitrogens with zero attached hydrogens (tertiary/aromatic N) is 2. The molecule has 172 valence electrons. The van der Waals surface area contributed by atoms with Crippen LogP contribution in [0.1, 0.15) is 12.5 Å². The largest absolute Gasteiger partial charge is 0.494 e. The average Bonchev–Trinajstić information content (AvgIpc) is 2.83. The number of benzene rings is 2. The molecule has 0 atom stereocenters. The van der Waals surface area contributed by atoms with Gasteiger partial charge < -0.3 is 28.7 Å². The second-order valence-corrected chi connectivity index (χ2v) is 7.32. The predicted octanol–water partition coefficient (Wildman–Crippen LogP) is 2.39. The van der Waals surface area contributed by atoms with E-state index in [0.717, 1.165) is 11.3 Å². The Bertz CT molecular complexity index is 907. The topological polar surface area (TPSA) is 77.5 Å². The Balaban J connectivity index is 1.44. The number of piperazine rings is 1. The van der Waals surface area contributed by atoms with Crippen molar-refractivity contribution in [1.82, 2.24) is 9.80 Å². The van der Waals surface area contributed by atoms with Gasteiger partial charge in [0.25, 0.3) is 5.91 Å². The van der Waals surface area contributed by atoms with Gasteiger partial charge in [-0.3, -0.25) is 9.59 Å². The van der Waals surface area contributed by atoms with E-state index in [1.54, 1.807) is 42.2 Å². The molecule has 8 heteroatoms. The normalized spacial score (nSPS) is 13.5. The van der Waals surface area contributed by atoms with E-state index in [-0.39, 0.29) is 24.8 Å². The summed E-state index contributed by atoms with van der Waals surface area (Å²) >= 11 is 0. The minimum absolute atomic E-state index is 0.0231. The molecule has 2 aromatic rings. The summed E-state index contributed by atoms with van der Waals surface area (Å²) in [6, 6.07) is 12.7. The van der Waals surface area contributed by atoms with Crippen molar-refractivity contribution in [2.24, 2.45) is 0 Å². The number of amides is 2. The third kappa shape index (κ3) is 6.06. The second kappa shape index (κ2) is 11.3. The first-order chi connectivity index (χ1) is 15.5. The highest BCUT2D eigenvalue weighted by Crippen LogP contribution is 2.28. The Morgan fingerprint density at radius 3 is 1.91 bits per heavy atom. The van der Waals surface area contributed by atoms with Gasteiger partial charge in [-0.2, -0.15) is 0 Å². The molecule has 1 aliphatic rings. The van der Waals surface area contributed by atoms with Crippen molar-refractivity contribution in [3.63, 3.8) is 0 Å². The maximum absolute atomic E-state index is 12.7. The molecule has 0 N–H and O–H groups in total. The highest BCUT2D eigenvalue weighted by molar-refractivity contribution is 5.80. The van der Waals surface area contributed by atoms with Gasteiger partial charge in [0.1, 0.15) is 11.5 Å². The first kappa shape index (κ1) is 23.2. The van der Waals surface area contributed by atoms with Crippen LogP contribution in [0.3, 0.4) is 0 Å². The average molecular weight is 443 g/mol. The fourth-order valence-electron chi connectivity index (χ4n) is 3.52. The molecule has 0 aromatic heterocycles. The standard InChI is InChI=1S/C24H30N2O6/c1-4-31-19-6-8-20(9-7-19)32-17-24(28)26-13-11-25(12-14-26)23(27)16-18-5-10-21(29-2)22(15-18)30-3/h5-10,15H,4,11-14,16-17H2,1-3H3. The Hall–Kier alpha value is -3.42. The lowest BCUT2D eigenvalue weighted by Crippen LogP contribution is -2.52. The molecule has 0 spiro atoms. The summed E-state index contributed by atoms with van der Waals surface area (Å²) in [4.78, 5) is 28.7. The van der Waals surface area contributed by atoms with Gasteiger partial charge in [-0.05, 0) is 48.9 Å². The van der Waals surface area contributed by atoms with Crippen LogP contribution in [0, 0.1) is 0 Å². The molecule has 2 aromatic carbocycles. The minimum Gasteiger partial charge on any atom is -0.494 e. The maximum atomic E-state index is 12.7. The van der Waals surface area contributed by atoms with Gasteiger partial charge in [0.15, 0.2) is 18.1 Å². The zero-order valence-corrected chi connectivity index (χ0v) is 18.8. The third-order valence-electron chi connectivity index (χ3n) is 5.29. The molecule has 0 bridgehead atoms. The number of carbonyl (C=O) groups excluding carboxylic acids is 2. The number of hydrogen-bond donors (Lipinski definition) is 0. The lowest BCUT2D eigenvalue weighted by atomic mass is 10.1. The molecule has 3 rings (SSSR count). The van der Waals surface area contributed by atoms with Crippen molar-refractivity contribution < 1.29 is 28.5 Å². The van der Waals surface area contributed by atoms with E-state index < -0.39 is 0 Å². The summed E-state index contributed by atoms with van der Waals surface area (Å²) in [6.45, 7) is 4.47. The maximum Gasteiger partial charge on any atom is 0.260 e. The molecule has 1 fully saturated rings. The zero-order valence-electron chi connectivity index (χ0n) is 18.8. The summed E-state index contributed by atoms with van der Waals surface area (Å²) in [5, 5.41) is 0. The van der Waals surface area contributed by atoms with Crippen LogP contribution in [0.25, 0.3) is 0 Å². The summed E-state index contributed by atoms with van der Waals surface area (Å²) in [5.74, 6) is 2.54. The van der Waals surface area contributed by atoms with Gasteiger partial charge in [-0.1, -0.05) is 6.07 Å². The molecule has 1 aliphatic heterocycles. The molecule has 1 saturated heterocycles. The summed E-state index contributed by atoms with van der Waals surface area (Å²) in [6.07, 6.45) is 0.273.